The Hall–Kier alpha value is -2.95. The number of unbranched alkanes of at least 4 members (excludes halogenated alkanes) is 1. The Bertz CT molecular complexity index is 830. The van der Waals surface area contributed by atoms with Crippen LogP contribution < -0.4 is 10.2 Å². The molecule has 1 heterocycles. The lowest BCUT2D eigenvalue weighted by Gasteiger charge is -2.20. The smallest absolute Gasteiger partial charge is 0.272 e. The molecule has 0 saturated carbocycles. The van der Waals surface area contributed by atoms with Crippen LogP contribution in [0.4, 0.5) is 5.69 Å². The predicted octanol–water partition coefficient (Wildman–Crippen LogP) is 3.13. The number of hydrogen-bond donors (Lipinski definition) is 1. The number of benzene rings is 2. The fraction of sp³-hybridized carbons (Fsp3) is 0.286. The molecule has 0 aromatic heterocycles. The molecule has 0 spiro atoms. The van der Waals surface area contributed by atoms with Crippen LogP contribution in [0.5, 0.6) is 0 Å². The Morgan fingerprint density at radius 2 is 1.81 bits per heavy atom. The highest BCUT2D eigenvalue weighted by atomic mass is 16.2. The topological polar surface area (TPSA) is 61.8 Å². The molecule has 5 nitrogen and oxygen atoms in total. The molecule has 5 heteroatoms. The summed E-state index contributed by atoms with van der Waals surface area (Å²) in [6.45, 7) is 2.03. The predicted molar refractivity (Wildman–Crippen MR) is 103 cm³/mol. The standard InChI is InChI=1S/C21H23N3O2/c1-3-4-14-18(25)22-20-21(26)24(2)17-13-9-8-12-16(17)19(23-20)15-10-6-5-7-11-15/h5-13,20H,3-4,14H2,1-2H3,(H,22,25)/t20-/m1/s1. The normalized spacial score (nSPS) is 16.5. The van der Waals surface area contributed by atoms with Crippen molar-refractivity contribution in [1.82, 2.24) is 5.32 Å². The molecule has 2 amide bonds. The van der Waals surface area contributed by atoms with Gasteiger partial charge in [0.25, 0.3) is 5.91 Å². The minimum atomic E-state index is -0.924. The molecule has 0 aliphatic carbocycles. The van der Waals surface area contributed by atoms with Gasteiger partial charge >= 0.3 is 0 Å². The van der Waals surface area contributed by atoms with Crippen LogP contribution in [0.2, 0.25) is 0 Å². The second kappa shape index (κ2) is 7.95. The van der Waals surface area contributed by atoms with E-state index in [9.17, 15) is 9.59 Å². The first-order chi connectivity index (χ1) is 12.6. The van der Waals surface area contributed by atoms with Gasteiger partial charge in [-0.1, -0.05) is 61.9 Å². The molecule has 1 aliphatic heterocycles. The third kappa shape index (κ3) is 3.67. The number of nitrogens with zero attached hydrogens (tertiary/aromatic N) is 2. The Morgan fingerprint density at radius 1 is 1.12 bits per heavy atom. The molecule has 134 valence electrons. The minimum Gasteiger partial charge on any atom is -0.327 e. The summed E-state index contributed by atoms with van der Waals surface area (Å²) in [5.41, 5.74) is 3.28. The summed E-state index contributed by atoms with van der Waals surface area (Å²) in [4.78, 5) is 31.3. The highest BCUT2D eigenvalue weighted by Crippen LogP contribution is 2.27. The Morgan fingerprint density at radius 3 is 2.54 bits per heavy atom. The number of hydrogen-bond acceptors (Lipinski definition) is 3. The zero-order valence-corrected chi connectivity index (χ0v) is 15.1. The summed E-state index contributed by atoms with van der Waals surface area (Å²) >= 11 is 0. The molecule has 0 bridgehead atoms. The lowest BCUT2D eigenvalue weighted by atomic mass is 10.0. The van der Waals surface area contributed by atoms with Crippen molar-refractivity contribution in [3.05, 3.63) is 65.7 Å². The second-order valence-electron chi connectivity index (χ2n) is 6.33. The molecule has 26 heavy (non-hydrogen) atoms. The van der Waals surface area contributed by atoms with Crippen molar-refractivity contribution in [2.75, 3.05) is 11.9 Å². The highest BCUT2D eigenvalue weighted by molar-refractivity contribution is 6.20. The monoisotopic (exact) mass is 349 g/mol. The molecule has 0 fully saturated rings. The largest absolute Gasteiger partial charge is 0.327 e. The Labute approximate surface area is 153 Å². The van der Waals surface area contributed by atoms with Crippen LogP contribution in [0, 0.1) is 0 Å². The van der Waals surface area contributed by atoms with E-state index >= 15 is 0 Å². The molecular weight excluding hydrogens is 326 g/mol. The van der Waals surface area contributed by atoms with Crippen molar-refractivity contribution in [3.63, 3.8) is 0 Å². The Balaban J connectivity index is 2.04. The fourth-order valence-corrected chi connectivity index (χ4v) is 3.00. The van der Waals surface area contributed by atoms with E-state index < -0.39 is 6.17 Å². The van der Waals surface area contributed by atoms with Crippen molar-refractivity contribution in [2.24, 2.45) is 4.99 Å². The first-order valence-electron chi connectivity index (χ1n) is 8.91. The van der Waals surface area contributed by atoms with Crippen LogP contribution in [-0.4, -0.2) is 30.7 Å². The number of aliphatic imine (C=N–C) groups is 1. The number of carbonyl (C=O) groups is 2. The average Bonchev–Trinajstić information content (AvgIpc) is 2.78. The van der Waals surface area contributed by atoms with E-state index in [1.54, 1.807) is 11.9 Å². The number of nitrogens with one attached hydrogen (secondary N) is 1. The number of likely N-dealkylation sites (N-methyl/N-ethyl adjacent to an activating group) is 1. The van der Waals surface area contributed by atoms with E-state index in [0.717, 1.165) is 29.7 Å². The van der Waals surface area contributed by atoms with Gasteiger partial charge in [-0.05, 0) is 12.5 Å². The number of rotatable bonds is 5. The summed E-state index contributed by atoms with van der Waals surface area (Å²) in [6, 6.07) is 17.4. The van der Waals surface area contributed by atoms with Crippen LogP contribution in [0.15, 0.2) is 59.6 Å². The van der Waals surface area contributed by atoms with Crippen molar-refractivity contribution in [3.8, 4) is 0 Å². The number of benzodiazepines with no additional fused rings is 1. The first kappa shape index (κ1) is 17.9. The number of para-hydroxylation sites is 1. The lowest BCUT2D eigenvalue weighted by Crippen LogP contribution is -2.46. The molecule has 0 unspecified atom stereocenters. The van der Waals surface area contributed by atoms with Crippen LogP contribution in [-0.2, 0) is 9.59 Å². The van der Waals surface area contributed by atoms with Crippen molar-refractivity contribution >= 4 is 23.2 Å². The highest BCUT2D eigenvalue weighted by Gasteiger charge is 2.30. The van der Waals surface area contributed by atoms with Gasteiger partial charge in [0.2, 0.25) is 12.1 Å². The van der Waals surface area contributed by atoms with E-state index in [0.29, 0.717) is 12.1 Å². The zero-order chi connectivity index (χ0) is 18.5. The van der Waals surface area contributed by atoms with E-state index in [-0.39, 0.29) is 11.8 Å². The molecule has 0 saturated heterocycles. The third-order valence-electron chi connectivity index (χ3n) is 4.45. The van der Waals surface area contributed by atoms with Gasteiger partial charge in [0.1, 0.15) is 0 Å². The molecule has 1 atom stereocenters. The molecule has 0 radical (unpaired) electrons. The number of fused-ring (bicyclic) bond motifs is 1. The third-order valence-corrected chi connectivity index (χ3v) is 4.45. The SMILES string of the molecule is CCCCC(=O)N[C@@H]1N=C(c2ccccc2)c2ccccc2N(C)C1=O. The van der Waals surface area contributed by atoms with Crippen LogP contribution in [0.3, 0.4) is 0 Å². The van der Waals surface area contributed by atoms with Gasteiger partial charge in [0, 0.05) is 24.6 Å². The molecule has 3 rings (SSSR count). The maximum Gasteiger partial charge on any atom is 0.272 e. The number of carbonyl (C=O) groups excluding carboxylic acids is 2. The van der Waals surface area contributed by atoms with Crippen LogP contribution >= 0.6 is 0 Å². The van der Waals surface area contributed by atoms with Gasteiger partial charge in [-0.2, -0.15) is 0 Å². The van der Waals surface area contributed by atoms with E-state index in [2.05, 4.69) is 10.3 Å². The Kier molecular flexibility index (Phi) is 5.46. The van der Waals surface area contributed by atoms with E-state index in [1.807, 2.05) is 61.5 Å². The van der Waals surface area contributed by atoms with Crippen LogP contribution in [0.25, 0.3) is 0 Å². The van der Waals surface area contributed by atoms with E-state index in [4.69, 9.17) is 0 Å². The molecule has 2 aromatic carbocycles. The van der Waals surface area contributed by atoms with Crippen molar-refractivity contribution in [1.29, 1.82) is 0 Å². The fourth-order valence-electron chi connectivity index (χ4n) is 3.00. The minimum absolute atomic E-state index is 0.152. The number of amides is 2. The maximum atomic E-state index is 12.9. The van der Waals surface area contributed by atoms with Crippen molar-refractivity contribution < 1.29 is 9.59 Å². The summed E-state index contributed by atoms with van der Waals surface area (Å²) in [6.07, 6.45) is 1.19. The molecule has 2 aromatic rings. The van der Waals surface area contributed by atoms with Crippen molar-refractivity contribution in [2.45, 2.75) is 32.4 Å². The molecular formula is C21H23N3O2. The summed E-state index contributed by atoms with van der Waals surface area (Å²) in [7, 11) is 1.72. The quantitative estimate of drug-likeness (QED) is 0.901. The molecule has 1 N–H and O–H groups in total. The molecule has 1 aliphatic rings. The zero-order valence-electron chi connectivity index (χ0n) is 15.1. The lowest BCUT2D eigenvalue weighted by molar-refractivity contribution is -0.127. The van der Waals surface area contributed by atoms with Gasteiger partial charge < -0.3 is 10.2 Å². The average molecular weight is 349 g/mol. The van der Waals surface area contributed by atoms with Gasteiger partial charge in [-0.25, -0.2) is 4.99 Å². The van der Waals surface area contributed by atoms with E-state index in [1.165, 1.54) is 0 Å². The van der Waals surface area contributed by atoms with Gasteiger partial charge in [0.05, 0.1) is 11.4 Å². The summed E-state index contributed by atoms with van der Waals surface area (Å²) in [5.74, 6) is -0.394. The first-order valence-corrected chi connectivity index (χ1v) is 8.91. The van der Waals surface area contributed by atoms with Gasteiger partial charge in [-0.15, -0.1) is 0 Å². The van der Waals surface area contributed by atoms with Crippen LogP contribution in [0.1, 0.15) is 37.3 Å². The summed E-state index contributed by atoms with van der Waals surface area (Å²) < 4.78 is 0. The maximum absolute atomic E-state index is 12.9. The number of anilines is 1. The van der Waals surface area contributed by atoms with Gasteiger partial charge in [-0.3, -0.25) is 9.59 Å². The second-order valence-corrected chi connectivity index (χ2v) is 6.33. The van der Waals surface area contributed by atoms with Gasteiger partial charge in [0.15, 0.2) is 0 Å². The summed E-state index contributed by atoms with van der Waals surface area (Å²) in [5, 5.41) is 2.79.